The highest BCUT2D eigenvalue weighted by molar-refractivity contribution is 9.10. The van der Waals surface area contributed by atoms with Crippen molar-refractivity contribution in [1.82, 2.24) is 4.98 Å². The largest absolute Gasteiger partial charge is 0.430 e. The second kappa shape index (κ2) is 4.87. The molecule has 2 aromatic rings. The third-order valence-electron chi connectivity index (χ3n) is 1.63. The molecule has 84 valence electrons. The molecule has 16 heavy (non-hydrogen) atoms. The third kappa shape index (κ3) is 2.66. The van der Waals surface area contributed by atoms with Gasteiger partial charge in [-0.05, 0) is 22.0 Å². The van der Waals surface area contributed by atoms with Gasteiger partial charge in [0.05, 0.1) is 9.50 Å². The molecule has 0 atom stereocenters. The molecule has 0 aliphatic rings. The van der Waals surface area contributed by atoms with Crippen LogP contribution in [0.25, 0.3) is 0 Å². The maximum atomic E-state index is 13.2. The summed E-state index contributed by atoms with van der Waals surface area (Å²) in [5.74, 6) is -0.254. The van der Waals surface area contributed by atoms with Crippen LogP contribution < -0.4 is 4.74 Å². The normalized spacial score (nSPS) is 10.5. The van der Waals surface area contributed by atoms with Gasteiger partial charge in [-0.25, -0.2) is 4.39 Å². The Hall–Kier alpha value is -0.360. The fraction of sp³-hybridized carbons (Fsp3) is 0. The second-order valence-electron chi connectivity index (χ2n) is 2.73. The zero-order valence-corrected chi connectivity index (χ0v) is 11.4. The predicted octanol–water partition coefficient (Wildman–Crippen LogP) is 5.14. The van der Waals surface area contributed by atoms with Crippen molar-refractivity contribution < 1.29 is 9.13 Å². The molecule has 1 aromatic heterocycles. The maximum Gasteiger partial charge on any atom is 0.280 e. The first-order valence-corrected chi connectivity index (χ1v) is 6.42. The van der Waals surface area contributed by atoms with E-state index in [0.717, 1.165) is 0 Å². The van der Waals surface area contributed by atoms with Gasteiger partial charge in [0.25, 0.3) is 5.19 Å². The number of rotatable bonds is 2. The van der Waals surface area contributed by atoms with Crippen LogP contribution in [0.5, 0.6) is 10.9 Å². The summed E-state index contributed by atoms with van der Waals surface area (Å²) in [7, 11) is 0. The Kier molecular flexibility index (Phi) is 3.69. The Labute approximate surface area is 113 Å². The molecule has 1 aromatic carbocycles. The van der Waals surface area contributed by atoms with E-state index in [0.29, 0.717) is 20.6 Å². The Morgan fingerprint density at radius 1 is 1.38 bits per heavy atom. The molecule has 7 heteroatoms. The first kappa shape index (κ1) is 12.1. The molecule has 2 nitrogen and oxygen atoms in total. The lowest BCUT2D eigenvalue weighted by molar-refractivity contribution is 0.470. The number of hydrogen-bond donors (Lipinski definition) is 0. The van der Waals surface area contributed by atoms with E-state index in [1.807, 2.05) is 0 Å². The van der Waals surface area contributed by atoms with Crippen molar-refractivity contribution in [3.63, 3.8) is 0 Å². The highest BCUT2D eigenvalue weighted by Crippen LogP contribution is 2.35. The molecule has 0 spiro atoms. The first-order chi connectivity index (χ1) is 7.56. The van der Waals surface area contributed by atoms with Crippen LogP contribution in [0.4, 0.5) is 4.39 Å². The summed E-state index contributed by atoms with van der Waals surface area (Å²) in [5.41, 5.74) is 0. The van der Waals surface area contributed by atoms with Crippen LogP contribution in [0, 0.1) is 5.82 Å². The monoisotopic (exact) mass is 341 g/mol. The van der Waals surface area contributed by atoms with Crippen molar-refractivity contribution in [2.24, 2.45) is 0 Å². The lowest BCUT2D eigenvalue weighted by Gasteiger charge is -2.05. The molecule has 0 bridgehead atoms. The summed E-state index contributed by atoms with van der Waals surface area (Å²) in [6.07, 6.45) is 0. The highest BCUT2D eigenvalue weighted by Gasteiger charge is 2.10. The Balaban J connectivity index is 2.31. The van der Waals surface area contributed by atoms with E-state index in [-0.39, 0.29) is 5.02 Å². The van der Waals surface area contributed by atoms with Crippen molar-refractivity contribution in [2.75, 3.05) is 0 Å². The molecule has 0 amide bonds. The SMILES string of the molecule is Fc1cc(Oc2nc(Cl)cs2)c(Br)cc1Cl. The predicted molar refractivity (Wildman–Crippen MR) is 66.3 cm³/mol. The third-order valence-corrected chi connectivity index (χ3v) is 3.58. The smallest absolute Gasteiger partial charge is 0.280 e. The lowest BCUT2D eigenvalue weighted by Crippen LogP contribution is -1.87. The first-order valence-electron chi connectivity index (χ1n) is 3.99. The van der Waals surface area contributed by atoms with E-state index in [1.54, 1.807) is 5.38 Å². The average molecular weight is 343 g/mol. The van der Waals surface area contributed by atoms with Crippen LogP contribution in [0.1, 0.15) is 0 Å². The number of ether oxygens (including phenoxy) is 1. The highest BCUT2D eigenvalue weighted by atomic mass is 79.9. The van der Waals surface area contributed by atoms with Crippen LogP contribution >= 0.6 is 50.5 Å². The van der Waals surface area contributed by atoms with Crippen LogP contribution in [0.3, 0.4) is 0 Å². The molecule has 1 heterocycles. The second-order valence-corrected chi connectivity index (χ2v) is 5.20. The molecular formula is C9H3BrCl2FNOS. The molecule has 0 radical (unpaired) electrons. The van der Waals surface area contributed by atoms with Gasteiger partial charge in [0.1, 0.15) is 16.7 Å². The van der Waals surface area contributed by atoms with Gasteiger partial charge in [-0.2, -0.15) is 4.98 Å². The topological polar surface area (TPSA) is 22.1 Å². The zero-order chi connectivity index (χ0) is 11.7. The van der Waals surface area contributed by atoms with Crippen LogP contribution in [-0.4, -0.2) is 4.98 Å². The number of hydrogen-bond acceptors (Lipinski definition) is 3. The molecule has 0 saturated heterocycles. The molecule has 0 saturated carbocycles. The summed E-state index contributed by atoms with van der Waals surface area (Å²) >= 11 is 15.7. The van der Waals surface area contributed by atoms with Gasteiger partial charge in [-0.15, -0.1) is 0 Å². The molecular weight excluding hydrogens is 340 g/mol. The Morgan fingerprint density at radius 3 is 2.75 bits per heavy atom. The number of thiazole rings is 1. The van der Waals surface area contributed by atoms with Crippen molar-refractivity contribution in [1.29, 1.82) is 0 Å². The quantitative estimate of drug-likeness (QED) is 0.704. The van der Waals surface area contributed by atoms with Gasteiger partial charge >= 0.3 is 0 Å². The lowest BCUT2D eigenvalue weighted by atomic mass is 10.3. The fourth-order valence-electron chi connectivity index (χ4n) is 0.962. The van der Waals surface area contributed by atoms with Crippen LogP contribution in [-0.2, 0) is 0 Å². The average Bonchev–Trinajstić information content (AvgIpc) is 2.60. The number of aromatic nitrogens is 1. The minimum absolute atomic E-state index is 0.0244. The summed E-state index contributed by atoms with van der Waals surface area (Å²) in [4.78, 5) is 3.88. The van der Waals surface area contributed by atoms with E-state index in [9.17, 15) is 4.39 Å². The molecule has 2 rings (SSSR count). The summed E-state index contributed by atoms with van der Waals surface area (Å²) in [6.45, 7) is 0. The zero-order valence-electron chi connectivity index (χ0n) is 7.51. The van der Waals surface area contributed by atoms with Gasteiger partial charge in [-0.3, -0.25) is 0 Å². The van der Waals surface area contributed by atoms with Crippen molar-refractivity contribution in [3.05, 3.63) is 38.0 Å². The standard InChI is InChI=1S/C9H3BrCl2FNOS/c10-4-1-5(11)6(13)2-7(4)15-9-14-8(12)3-16-9/h1-3H. The summed E-state index contributed by atoms with van der Waals surface area (Å²) in [5, 5.41) is 2.33. The van der Waals surface area contributed by atoms with Crippen molar-refractivity contribution >= 4 is 50.5 Å². The van der Waals surface area contributed by atoms with Gasteiger partial charge in [0, 0.05) is 11.4 Å². The van der Waals surface area contributed by atoms with E-state index < -0.39 is 5.82 Å². The number of halogens is 4. The number of benzene rings is 1. The van der Waals surface area contributed by atoms with Gasteiger partial charge in [0.15, 0.2) is 0 Å². The van der Waals surface area contributed by atoms with Gasteiger partial charge in [0.2, 0.25) is 0 Å². The Morgan fingerprint density at radius 2 is 2.12 bits per heavy atom. The van der Waals surface area contributed by atoms with E-state index in [4.69, 9.17) is 27.9 Å². The molecule has 0 aliphatic carbocycles. The Bertz CT molecular complexity index is 534. The van der Waals surface area contributed by atoms with Crippen molar-refractivity contribution in [3.8, 4) is 10.9 Å². The fourth-order valence-corrected chi connectivity index (χ4v) is 2.48. The molecule has 0 N–H and O–H groups in total. The molecule has 0 fully saturated rings. The maximum absolute atomic E-state index is 13.2. The number of nitrogens with zero attached hydrogens (tertiary/aromatic N) is 1. The van der Waals surface area contributed by atoms with Crippen molar-refractivity contribution in [2.45, 2.75) is 0 Å². The van der Waals surface area contributed by atoms with Crippen LogP contribution in [0.15, 0.2) is 22.0 Å². The van der Waals surface area contributed by atoms with E-state index in [2.05, 4.69) is 20.9 Å². The molecule has 0 unspecified atom stereocenters. The minimum Gasteiger partial charge on any atom is -0.430 e. The van der Waals surface area contributed by atoms with Gasteiger partial charge in [-0.1, -0.05) is 34.5 Å². The van der Waals surface area contributed by atoms with E-state index >= 15 is 0 Å². The summed E-state index contributed by atoms with van der Waals surface area (Å²) < 4.78 is 19.1. The minimum atomic E-state index is -0.553. The molecule has 0 aliphatic heterocycles. The van der Waals surface area contributed by atoms with E-state index in [1.165, 1.54) is 23.5 Å². The summed E-state index contributed by atoms with van der Waals surface area (Å²) in [6, 6.07) is 2.60. The van der Waals surface area contributed by atoms with Crippen LogP contribution in [0.2, 0.25) is 10.2 Å². The van der Waals surface area contributed by atoms with Gasteiger partial charge < -0.3 is 4.74 Å².